The van der Waals surface area contributed by atoms with E-state index in [0.717, 1.165) is 5.69 Å². The first-order chi connectivity index (χ1) is 13.8. The van der Waals surface area contributed by atoms with E-state index in [2.05, 4.69) is 10.00 Å². The Balaban J connectivity index is 1.45. The molecule has 1 aromatic heterocycles. The van der Waals surface area contributed by atoms with Crippen LogP contribution in [0.3, 0.4) is 0 Å². The summed E-state index contributed by atoms with van der Waals surface area (Å²) in [5.41, 5.74) is 2.24. The highest BCUT2D eigenvalue weighted by Crippen LogP contribution is 2.20. The van der Waals surface area contributed by atoms with Gasteiger partial charge >= 0.3 is 5.97 Å². The molecule has 0 bridgehead atoms. The van der Waals surface area contributed by atoms with Crippen LogP contribution in [0.15, 0.2) is 30.3 Å². The lowest BCUT2D eigenvalue weighted by molar-refractivity contribution is -0.148. The van der Waals surface area contributed by atoms with Crippen LogP contribution < -0.4 is 4.90 Å². The fraction of sp³-hybridized carbons (Fsp3) is 0.350. The number of esters is 1. The van der Waals surface area contributed by atoms with E-state index in [1.54, 1.807) is 31.0 Å². The van der Waals surface area contributed by atoms with Gasteiger partial charge in [0.25, 0.3) is 5.91 Å². The highest BCUT2D eigenvalue weighted by molar-refractivity contribution is 6.31. The third-order valence-corrected chi connectivity index (χ3v) is 5.19. The summed E-state index contributed by atoms with van der Waals surface area (Å²) < 4.78 is 19.6. The molecule has 154 valence electrons. The molecule has 2 aromatic rings. The smallest absolute Gasteiger partial charge is 0.331 e. The first kappa shape index (κ1) is 20.9. The van der Waals surface area contributed by atoms with Gasteiger partial charge in [0.1, 0.15) is 11.0 Å². The largest absolute Gasteiger partial charge is 0.452 e. The highest BCUT2D eigenvalue weighted by Gasteiger charge is 2.22. The maximum absolute atomic E-state index is 13.0. The number of benzene rings is 1. The molecule has 29 heavy (non-hydrogen) atoms. The SMILES string of the molecule is Cc1nn(C)c(Cl)c1/C=C/C(=O)OCC(=O)N1CCN(c2ccc(F)cc2)CC1. The number of halogens is 2. The van der Waals surface area contributed by atoms with Crippen LogP contribution in [0.2, 0.25) is 5.15 Å². The number of carbonyl (C=O) groups excluding carboxylic acids is 2. The van der Waals surface area contributed by atoms with Crippen molar-refractivity contribution in [3.8, 4) is 0 Å². The average molecular weight is 421 g/mol. The molecule has 0 aliphatic carbocycles. The van der Waals surface area contributed by atoms with Crippen molar-refractivity contribution in [3.05, 3.63) is 52.6 Å². The minimum Gasteiger partial charge on any atom is -0.452 e. The number of hydrogen-bond acceptors (Lipinski definition) is 5. The minimum atomic E-state index is -0.623. The van der Waals surface area contributed by atoms with E-state index >= 15 is 0 Å². The summed E-state index contributed by atoms with van der Waals surface area (Å²) in [5, 5.41) is 4.57. The van der Waals surface area contributed by atoms with Crippen molar-refractivity contribution in [1.82, 2.24) is 14.7 Å². The van der Waals surface area contributed by atoms with Gasteiger partial charge in [-0.2, -0.15) is 5.10 Å². The Labute approximate surface area is 173 Å². The van der Waals surface area contributed by atoms with E-state index in [1.807, 2.05) is 0 Å². The number of aromatic nitrogens is 2. The number of aryl methyl sites for hydroxylation is 2. The maximum atomic E-state index is 13.0. The number of carbonyl (C=O) groups is 2. The lowest BCUT2D eigenvalue weighted by Gasteiger charge is -2.36. The molecule has 0 N–H and O–H groups in total. The number of anilines is 1. The van der Waals surface area contributed by atoms with Gasteiger partial charge in [-0.15, -0.1) is 0 Å². The van der Waals surface area contributed by atoms with Gasteiger partial charge in [-0.05, 0) is 37.3 Å². The van der Waals surface area contributed by atoms with Gasteiger partial charge in [0.2, 0.25) is 0 Å². The van der Waals surface area contributed by atoms with Crippen molar-refractivity contribution in [2.75, 3.05) is 37.7 Å². The van der Waals surface area contributed by atoms with Crippen molar-refractivity contribution in [2.24, 2.45) is 7.05 Å². The number of rotatable bonds is 5. The van der Waals surface area contributed by atoms with Crippen molar-refractivity contribution in [3.63, 3.8) is 0 Å². The Morgan fingerprint density at radius 3 is 2.45 bits per heavy atom. The molecule has 1 aliphatic rings. The average Bonchev–Trinajstić information content (AvgIpc) is 2.96. The molecule has 7 nitrogen and oxygen atoms in total. The molecule has 2 heterocycles. The summed E-state index contributed by atoms with van der Waals surface area (Å²) in [7, 11) is 1.71. The van der Waals surface area contributed by atoms with Gasteiger partial charge in [0.05, 0.1) is 5.69 Å². The van der Waals surface area contributed by atoms with Crippen molar-refractivity contribution >= 4 is 35.2 Å². The van der Waals surface area contributed by atoms with Gasteiger partial charge in [0, 0.05) is 50.6 Å². The second-order valence-corrected chi connectivity index (χ2v) is 7.06. The first-order valence-corrected chi connectivity index (χ1v) is 9.55. The quantitative estimate of drug-likeness (QED) is 0.549. The van der Waals surface area contributed by atoms with E-state index in [9.17, 15) is 14.0 Å². The van der Waals surface area contributed by atoms with E-state index in [-0.39, 0.29) is 18.3 Å². The molecule has 0 unspecified atom stereocenters. The molecule has 1 aromatic carbocycles. The third-order valence-electron chi connectivity index (χ3n) is 4.74. The van der Waals surface area contributed by atoms with Gasteiger partial charge in [-0.25, -0.2) is 9.18 Å². The van der Waals surface area contributed by atoms with Gasteiger partial charge in [0.15, 0.2) is 6.61 Å². The molecule has 0 atom stereocenters. The van der Waals surface area contributed by atoms with Crippen molar-refractivity contribution < 1.29 is 18.7 Å². The van der Waals surface area contributed by atoms with E-state index < -0.39 is 5.97 Å². The molecule has 1 aliphatic heterocycles. The Bertz CT molecular complexity index is 919. The van der Waals surface area contributed by atoms with Gasteiger partial charge in [-0.1, -0.05) is 11.6 Å². The fourth-order valence-electron chi connectivity index (χ4n) is 3.13. The number of nitrogens with zero attached hydrogens (tertiary/aromatic N) is 4. The van der Waals surface area contributed by atoms with Crippen LogP contribution in [0.4, 0.5) is 10.1 Å². The van der Waals surface area contributed by atoms with Crippen LogP contribution in [0, 0.1) is 12.7 Å². The number of piperazine rings is 1. The lowest BCUT2D eigenvalue weighted by atomic mass is 10.2. The Morgan fingerprint density at radius 2 is 1.86 bits per heavy atom. The van der Waals surface area contributed by atoms with Crippen molar-refractivity contribution in [2.45, 2.75) is 6.92 Å². The van der Waals surface area contributed by atoms with E-state index in [4.69, 9.17) is 16.3 Å². The Hall–Kier alpha value is -2.87. The number of hydrogen-bond donors (Lipinski definition) is 0. The van der Waals surface area contributed by atoms with Gasteiger partial charge in [-0.3, -0.25) is 9.48 Å². The topological polar surface area (TPSA) is 67.7 Å². The number of ether oxygens (including phenoxy) is 1. The Kier molecular flexibility index (Phi) is 6.53. The molecule has 0 saturated carbocycles. The van der Waals surface area contributed by atoms with Crippen LogP contribution in [0.25, 0.3) is 6.08 Å². The summed E-state index contributed by atoms with van der Waals surface area (Å²) in [6, 6.07) is 6.27. The summed E-state index contributed by atoms with van der Waals surface area (Å²) in [5.74, 6) is -1.15. The van der Waals surface area contributed by atoms with Crippen LogP contribution in [0.1, 0.15) is 11.3 Å². The maximum Gasteiger partial charge on any atom is 0.331 e. The molecule has 0 radical (unpaired) electrons. The van der Waals surface area contributed by atoms with Crippen molar-refractivity contribution in [1.29, 1.82) is 0 Å². The summed E-state index contributed by atoms with van der Waals surface area (Å²) in [6.45, 7) is 3.74. The second-order valence-electron chi connectivity index (χ2n) is 6.70. The molecule has 1 saturated heterocycles. The highest BCUT2D eigenvalue weighted by atomic mass is 35.5. The van der Waals surface area contributed by atoms with Crippen LogP contribution in [-0.4, -0.2) is 59.3 Å². The monoisotopic (exact) mass is 420 g/mol. The predicted octanol–water partition coefficient (Wildman–Crippen LogP) is 2.43. The third kappa shape index (κ3) is 5.14. The summed E-state index contributed by atoms with van der Waals surface area (Å²) in [4.78, 5) is 27.9. The van der Waals surface area contributed by atoms with E-state index in [0.29, 0.717) is 42.6 Å². The standard InChI is InChI=1S/C20H22ClFN4O3/c1-14-17(20(21)24(2)23-14)7-8-19(28)29-13-18(27)26-11-9-25(10-12-26)16-5-3-15(22)4-6-16/h3-8H,9-13H2,1-2H3/b8-7+. The molecule has 1 amide bonds. The molecule has 0 spiro atoms. The zero-order chi connectivity index (χ0) is 21.0. The zero-order valence-corrected chi connectivity index (χ0v) is 17.0. The zero-order valence-electron chi connectivity index (χ0n) is 16.3. The molecule has 9 heteroatoms. The van der Waals surface area contributed by atoms with E-state index in [1.165, 1.54) is 29.0 Å². The number of amides is 1. The minimum absolute atomic E-state index is 0.249. The summed E-state index contributed by atoms with van der Waals surface area (Å²) >= 11 is 6.10. The van der Waals surface area contributed by atoms with Crippen LogP contribution in [-0.2, 0) is 21.4 Å². The van der Waals surface area contributed by atoms with Crippen LogP contribution >= 0.6 is 11.6 Å². The second kappa shape index (κ2) is 9.09. The lowest BCUT2D eigenvalue weighted by Crippen LogP contribution is -2.49. The van der Waals surface area contributed by atoms with Gasteiger partial charge < -0.3 is 14.5 Å². The first-order valence-electron chi connectivity index (χ1n) is 9.17. The predicted molar refractivity (Wildman–Crippen MR) is 108 cm³/mol. The normalized spacial score (nSPS) is 14.5. The van der Waals surface area contributed by atoms with Crippen LogP contribution in [0.5, 0.6) is 0 Å². The Morgan fingerprint density at radius 1 is 1.21 bits per heavy atom. The molecular formula is C20H22ClFN4O3. The summed E-state index contributed by atoms with van der Waals surface area (Å²) in [6.07, 6.45) is 2.76. The molecule has 1 fully saturated rings. The molecule has 3 rings (SSSR count). The molecular weight excluding hydrogens is 399 g/mol. The fourth-order valence-corrected chi connectivity index (χ4v) is 3.36.